The Morgan fingerprint density at radius 3 is 2.35 bits per heavy atom. The van der Waals surface area contributed by atoms with Gasteiger partial charge in [0.2, 0.25) is 0 Å². The largest absolute Gasteiger partial charge is 0.542 e. The van der Waals surface area contributed by atoms with Gasteiger partial charge in [-0.15, -0.1) is 0 Å². The maximum atomic E-state index is 11.2. The van der Waals surface area contributed by atoms with Gasteiger partial charge in [-0.1, -0.05) is 4.68 Å². The van der Waals surface area contributed by atoms with Gasteiger partial charge in [0.05, 0.1) is 5.69 Å². The molecule has 2 heterocycles. The van der Waals surface area contributed by atoms with Gasteiger partial charge < -0.3 is 15.0 Å². The number of nitrogens with zero attached hydrogens (tertiary/aromatic N) is 4. The molecule has 26 heavy (non-hydrogen) atoms. The van der Waals surface area contributed by atoms with Crippen LogP contribution in [-0.4, -0.2) is 38.1 Å². The topological polar surface area (TPSA) is 129 Å². The van der Waals surface area contributed by atoms with Crippen molar-refractivity contribution in [2.24, 2.45) is 7.05 Å². The number of hydrogen-bond donors (Lipinski definition) is 1. The summed E-state index contributed by atoms with van der Waals surface area (Å²) in [6.45, 7) is 0.316. The first-order valence-corrected chi connectivity index (χ1v) is 6.91. The van der Waals surface area contributed by atoms with E-state index in [0.717, 1.165) is 5.56 Å². The highest BCUT2D eigenvalue weighted by atomic mass is 19.4. The van der Waals surface area contributed by atoms with Gasteiger partial charge in [0.1, 0.15) is 18.6 Å². The van der Waals surface area contributed by atoms with E-state index in [1.807, 2.05) is 0 Å². The predicted molar refractivity (Wildman–Crippen MR) is 76.2 cm³/mol. The first-order valence-electron chi connectivity index (χ1n) is 6.91. The molecule has 9 nitrogen and oxygen atoms in total. The molecule has 0 aliphatic rings. The van der Waals surface area contributed by atoms with Gasteiger partial charge in [0.15, 0.2) is 12.7 Å². The van der Waals surface area contributed by atoms with Gasteiger partial charge in [-0.25, -0.2) is 4.68 Å². The van der Waals surface area contributed by atoms with E-state index < -0.39 is 18.1 Å². The molecule has 0 aliphatic heterocycles. The number of carboxylic acid groups (broad SMARTS) is 2. The van der Waals surface area contributed by atoms with Crippen molar-refractivity contribution < 1.29 is 37.7 Å². The Kier molecular flexibility index (Phi) is 6.93. The SMILES string of the molecule is Cn1nc(-c2cc[n+](CCC(=O)O)nc2)ccc1=O.O=C([O-])C(F)(F)F. The summed E-state index contributed by atoms with van der Waals surface area (Å²) in [7, 11) is 1.58. The van der Waals surface area contributed by atoms with Crippen molar-refractivity contribution in [3.63, 3.8) is 0 Å². The lowest BCUT2D eigenvalue weighted by atomic mass is 10.2. The van der Waals surface area contributed by atoms with Crippen LogP contribution in [0.4, 0.5) is 13.2 Å². The van der Waals surface area contributed by atoms with E-state index in [2.05, 4.69) is 10.2 Å². The summed E-state index contributed by atoms with van der Waals surface area (Å²) >= 11 is 0. The standard InChI is InChI=1S/C12H12N4O3.C2HF3O2/c1-15-11(17)3-2-10(14-15)9-4-6-16(13-8-9)7-5-12(18)19;3-2(4,5)1(6)7/h2-4,6,8H,5,7H2,1H3;(H,6,7). The first-order chi connectivity index (χ1) is 12.0. The van der Waals surface area contributed by atoms with E-state index in [4.69, 9.17) is 15.0 Å². The Morgan fingerprint density at radius 1 is 1.31 bits per heavy atom. The second kappa shape index (κ2) is 8.69. The van der Waals surface area contributed by atoms with Crippen molar-refractivity contribution in [1.82, 2.24) is 14.9 Å². The number of alkyl halides is 3. The van der Waals surface area contributed by atoms with Gasteiger partial charge in [-0.05, 0) is 11.2 Å². The third-order valence-corrected chi connectivity index (χ3v) is 2.81. The molecule has 0 spiro atoms. The Hall–Kier alpha value is -3.31. The van der Waals surface area contributed by atoms with Crippen LogP contribution in [-0.2, 0) is 23.2 Å². The van der Waals surface area contributed by atoms with Gasteiger partial charge in [0, 0.05) is 24.7 Å². The Balaban J connectivity index is 0.000000412. The number of aromatic nitrogens is 4. The molecule has 12 heteroatoms. The van der Waals surface area contributed by atoms with Crippen LogP contribution < -0.4 is 15.3 Å². The average Bonchev–Trinajstić information content (AvgIpc) is 2.55. The minimum absolute atomic E-state index is 0.0229. The third kappa shape index (κ3) is 6.67. The lowest BCUT2D eigenvalue weighted by molar-refractivity contribution is -0.752. The normalized spacial score (nSPS) is 10.6. The molecule has 0 unspecified atom stereocenters. The molecule has 0 aromatic carbocycles. The zero-order valence-corrected chi connectivity index (χ0v) is 13.3. The highest BCUT2D eigenvalue weighted by Gasteiger charge is 2.28. The summed E-state index contributed by atoms with van der Waals surface area (Å²) in [6.07, 6.45) is -1.89. The number of rotatable bonds is 4. The highest BCUT2D eigenvalue weighted by Crippen LogP contribution is 2.12. The molecule has 0 bridgehead atoms. The fourth-order valence-electron chi connectivity index (χ4n) is 1.53. The molecule has 2 aromatic rings. The van der Waals surface area contributed by atoms with Crippen LogP contribution in [0.5, 0.6) is 0 Å². The van der Waals surface area contributed by atoms with Crippen LogP contribution >= 0.6 is 0 Å². The number of aryl methyl sites for hydroxylation is 2. The third-order valence-electron chi connectivity index (χ3n) is 2.81. The van der Waals surface area contributed by atoms with E-state index in [1.54, 1.807) is 36.3 Å². The van der Waals surface area contributed by atoms with Gasteiger partial charge in [0.25, 0.3) is 5.56 Å². The number of carbonyl (C=O) groups is 2. The Morgan fingerprint density at radius 2 is 1.92 bits per heavy atom. The Labute approximate surface area is 143 Å². The molecule has 2 aromatic heterocycles. The minimum atomic E-state index is -5.19. The molecular weight excluding hydrogens is 361 g/mol. The first kappa shape index (κ1) is 20.7. The van der Waals surface area contributed by atoms with Crippen molar-refractivity contribution in [2.75, 3.05) is 0 Å². The summed E-state index contributed by atoms with van der Waals surface area (Å²) in [6, 6.07) is 4.84. The molecule has 0 atom stereocenters. The zero-order chi connectivity index (χ0) is 19.9. The molecule has 140 valence electrons. The predicted octanol–water partition coefficient (Wildman–Crippen LogP) is -1.10. The smallest absolute Gasteiger partial charge is 0.430 e. The van der Waals surface area contributed by atoms with Crippen molar-refractivity contribution in [2.45, 2.75) is 19.1 Å². The zero-order valence-electron chi connectivity index (χ0n) is 13.3. The summed E-state index contributed by atoms with van der Waals surface area (Å²) in [5.74, 6) is -3.87. The van der Waals surface area contributed by atoms with Crippen LogP contribution in [0.25, 0.3) is 11.3 Å². The molecule has 1 N–H and O–H groups in total. The maximum absolute atomic E-state index is 11.2. The molecule has 0 amide bonds. The molecule has 0 radical (unpaired) electrons. The molecule has 0 saturated carbocycles. The van der Waals surface area contributed by atoms with Gasteiger partial charge in [-0.2, -0.15) is 18.3 Å². The number of carbonyl (C=O) groups excluding carboxylic acids is 1. The van der Waals surface area contributed by atoms with Crippen molar-refractivity contribution in [1.29, 1.82) is 0 Å². The Bertz CT molecular complexity index is 834. The van der Waals surface area contributed by atoms with Crippen molar-refractivity contribution >= 4 is 11.9 Å². The van der Waals surface area contributed by atoms with Crippen LogP contribution in [0, 0.1) is 0 Å². The fraction of sp³-hybridized carbons (Fsp3) is 0.286. The number of aliphatic carboxylic acids is 2. The van der Waals surface area contributed by atoms with Gasteiger partial charge in [-0.3, -0.25) is 9.59 Å². The van der Waals surface area contributed by atoms with E-state index in [0.29, 0.717) is 12.2 Å². The second-order valence-corrected chi connectivity index (χ2v) is 4.79. The monoisotopic (exact) mass is 374 g/mol. The van der Waals surface area contributed by atoms with E-state index >= 15 is 0 Å². The lowest BCUT2D eigenvalue weighted by Gasteiger charge is -2.03. The summed E-state index contributed by atoms with van der Waals surface area (Å²) in [4.78, 5) is 30.5. The summed E-state index contributed by atoms with van der Waals surface area (Å²) in [5.41, 5.74) is 1.23. The van der Waals surface area contributed by atoms with Crippen molar-refractivity contribution in [3.05, 3.63) is 40.9 Å². The van der Waals surface area contributed by atoms with Crippen molar-refractivity contribution in [3.8, 4) is 11.3 Å². The quantitative estimate of drug-likeness (QED) is 0.673. The van der Waals surface area contributed by atoms with Gasteiger partial charge >= 0.3 is 12.1 Å². The molecular formula is C14H13F3N4O5. The summed E-state index contributed by atoms with van der Waals surface area (Å²) < 4.78 is 34.3. The second-order valence-electron chi connectivity index (χ2n) is 4.79. The lowest BCUT2D eigenvalue weighted by Crippen LogP contribution is -2.38. The number of carboxylic acids is 2. The molecule has 2 rings (SSSR count). The van der Waals surface area contributed by atoms with E-state index in [9.17, 15) is 22.8 Å². The number of halogens is 3. The van der Waals surface area contributed by atoms with E-state index in [1.165, 1.54) is 10.7 Å². The average molecular weight is 374 g/mol. The molecule has 0 saturated heterocycles. The molecule has 0 aliphatic carbocycles. The molecule has 0 fully saturated rings. The van der Waals surface area contributed by atoms with E-state index in [-0.39, 0.29) is 12.0 Å². The minimum Gasteiger partial charge on any atom is -0.542 e. The summed E-state index contributed by atoms with van der Waals surface area (Å²) in [5, 5.41) is 25.6. The van der Waals surface area contributed by atoms with Crippen LogP contribution in [0.15, 0.2) is 35.4 Å². The number of hydrogen-bond acceptors (Lipinski definition) is 6. The van der Waals surface area contributed by atoms with Crippen LogP contribution in [0.2, 0.25) is 0 Å². The van der Waals surface area contributed by atoms with Crippen LogP contribution in [0.3, 0.4) is 0 Å². The van der Waals surface area contributed by atoms with Crippen LogP contribution in [0.1, 0.15) is 6.42 Å². The highest BCUT2D eigenvalue weighted by molar-refractivity contribution is 5.70. The fourth-order valence-corrected chi connectivity index (χ4v) is 1.53. The maximum Gasteiger partial charge on any atom is 0.430 e.